The van der Waals surface area contributed by atoms with E-state index in [0.29, 0.717) is 12.1 Å². The number of rotatable bonds is 2. The molecule has 5 heteroatoms. The smallest absolute Gasteiger partial charge is 0.316 e. The molecule has 1 aliphatic heterocycles. The molecule has 1 aliphatic rings. The van der Waals surface area contributed by atoms with Crippen LogP contribution in [-0.2, 0) is 0 Å². The molecular formula is C9H11BrN2OS. The van der Waals surface area contributed by atoms with Gasteiger partial charge in [0.15, 0.2) is 0 Å². The maximum atomic E-state index is 5.65. The van der Waals surface area contributed by atoms with Crippen molar-refractivity contribution in [1.29, 1.82) is 0 Å². The van der Waals surface area contributed by atoms with Crippen molar-refractivity contribution in [2.24, 2.45) is 0 Å². The van der Waals surface area contributed by atoms with E-state index in [1.54, 1.807) is 12.4 Å². The molecule has 0 amide bonds. The van der Waals surface area contributed by atoms with Crippen LogP contribution >= 0.6 is 27.7 Å². The summed E-state index contributed by atoms with van der Waals surface area (Å²) >= 11 is 5.27. The minimum absolute atomic E-state index is 0.303. The molecular weight excluding hydrogens is 264 g/mol. The van der Waals surface area contributed by atoms with Gasteiger partial charge in [-0.15, -0.1) is 0 Å². The summed E-state index contributed by atoms with van der Waals surface area (Å²) in [7, 11) is 0. The predicted octanol–water partition coefficient (Wildman–Crippen LogP) is 2.51. The number of hydrogen-bond donors (Lipinski definition) is 0. The molecule has 1 aromatic heterocycles. The van der Waals surface area contributed by atoms with Gasteiger partial charge in [0.1, 0.15) is 6.10 Å². The van der Waals surface area contributed by atoms with E-state index < -0.39 is 0 Å². The molecule has 3 nitrogen and oxygen atoms in total. The van der Waals surface area contributed by atoms with E-state index in [4.69, 9.17) is 4.74 Å². The fraction of sp³-hybridized carbons (Fsp3) is 0.556. The highest BCUT2D eigenvalue weighted by atomic mass is 79.9. The van der Waals surface area contributed by atoms with E-state index in [1.165, 1.54) is 11.5 Å². The molecule has 0 saturated carbocycles. The lowest BCUT2D eigenvalue weighted by Gasteiger charge is -2.21. The van der Waals surface area contributed by atoms with Gasteiger partial charge >= 0.3 is 6.01 Å². The summed E-state index contributed by atoms with van der Waals surface area (Å²) in [5.41, 5.74) is 0. The Labute approximate surface area is 95.8 Å². The molecule has 14 heavy (non-hydrogen) atoms. The summed E-state index contributed by atoms with van der Waals surface area (Å²) in [5, 5.41) is 0. The number of ether oxygens (including phenoxy) is 1. The van der Waals surface area contributed by atoms with E-state index in [1.807, 2.05) is 11.8 Å². The Bertz CT molecular complexity index is 287. The Morgan fingerprint density at radius 1 is 1.29 bits per heavy atom. The second-order valence-corrected chi connectivity index (χ2v) is 5.25. The number of hydrogen-bond acceptors (Lipinski definition) is 4. The first-order valence-corrected chi connectivity index (χ1v) is 6.51. The zero-order valence-electron chi connectivity index (χ0n) is 7.65. The van der Waals surface area contributed by atoms with E-state index >= 15 is 0 Å². The van der Waals surface area contributed by atoms with Crippen LogP contribution in [0.5, 0.6) is 6.01 Å². The summed E-state index contributed by atoms with van der Waals surface area (Å²) in [4.78, 5) is 8.17. The first-order chi connectivity index (χ1) is 6.84. The van der Waals surface area contributed by atoms with Gasteiger partial charge in [0, 0.05) is 12.4 Å². The molecule has 0 unspecified atom stereocenters. The predicted molar refractivity (Wildman–Crippen MR) is 60.7 cm³/mol. The van der Waals surface area contributed by atoms with E-state index in [-0.39, 0.29) is 0 Å². The minimum atomic E-state index is 0.303. The second kappa shape index (κ2) is 4.98. The number of halogens is 1. The Balaban J connectivity index is 1.92. The molecule has 2 rings (SSSR count). The van der Waals surface area contributed by atoms with E-state index in [2.05, 4.69) is 25.9 Å². The third-order valence-corrected chi connectivity index (χ3v) is 3.50. The molecule has 0 aliphatic carbocycles. The lowest BCUT2D eigenvalue weighted by atomic mass is 10.2. The van der Waals surface area contributed by atoms with Crippen molar-refractivity contribution >= 4 is 27.7 Å². The summed E-state index contributed by atoms with van der Waals surface area (Å²) in [6, 6.07) is 0.491. The lowest BCUT2D eigenvalue weighted by Crippen LogP contribution is -2.22. The van der Waals surface area contributed by atoms with Gasteiger partial charge in [-0.2, -0.15) is 11.8 Å². The summed E-state index contributed by atoms with van der Waals surface area (Å²) in [6.45, 7) is 0. The minimum Gasteiger partial charge on any atom is -0.460 e. The molecule has 0 N–H and O–H groups in total. The SMILES string of the molecule is Brc1cnc(OC2CCSCC2)nc1. The Hall–Kier alpha value is -0.290. The molecule has 0 atom stereocenters. The molecule has 76 valence electrons. The number of aromatic nitrogens is 2. The first-order valence-electron chi connectivity index (χ1n) is 4.56. The van der Waals surface area contributed by atoms with Gasteiger partial charge in [0.05, 0.1) is 4.47 Å². The van der Waals surface area contributed by atoms with E-state index in [9.17, 15) is 0 Å². The Morgan fingerprint density at radius 2 is 1.93 bits per heavy atom. The maximum absolute atomic E-state index is 5.65. The van der Waals surface area contributed by atoms with Gasteiger partial charge in [-0.05, 0) is 40.3 Å². The van der Waals surface area contributed by atoms with Crippen molar-refractivity contribution in [1.82, 2.24) is 9.97 Å². The summed E-state index contributed by atoms with van der Waals surface area (Å²) in [5.74, 6) is 2.36. The zero-order chi connectivity index (χ0) is 9.80. The number of thioether (sulfide) groups is 1. The average molecular weight is 275 g/mol. The second-order valence-electron chi connectivity index (χ2n) is 3.11. The van der Waals surface area contributed by atoms with Crippen LogP contribution in [0.3, 0.4) is 0 Å². The molecule has 0 bridgehead atoms. The molecule has 0 spiro atoms. The number of nitrogens with zero attached hydrogens (tertiary/aromatic N) is 2. The van der Waals surface area contributed by atoms with Gasteiger partial charge in [0.2, 0.25) is 0 Å². The van der Waals surface area contributed by atoms with Crippen LogP contribution in [0.2, 0.25) is 0 Å². The topological polar surface area (TPSA) is 35.0 Å². The van der Waals surface area contributed by atoms with Gasteiger partial charge in [-0.1, -0.05) is 0 Å². The van der Waals surface area contributed by atoms with Crippen LogP contribution in [0.1, 0.15) is 12.8 Å². The fourth-order valence-electron chi connectivity index (χ4n) is 1.30. The van der Waals surface area contributed by atoms with Crippen LogP contribution in [0.15, 0.2) is 16.9 Å². The molecule has 0 radical (unpaired) electrons. The molecule has 1 fully saturated rings. The van der Waals surface area contributed by atoms with Crippen molar-refractivity contribution in [2.45, 2.75) is 18.9 Å². The highest BCUT2D eigenvalue weighted by Gasteiger charge is 2.15. The normalized spacial score (nSPS) is 18.1. The summed E-state index contributed by atoms with van der Waals surface area (Å²) in [6.07, 6.45) is 5.92. The Kier molecular flexibility index (Phi) is 3.64. The van der Waals surface area contributed by atoms with Crippen LogP contribution < -0.4 is 4.74 Å². The maximum Gasteiger partial charge on any atom is 0.316 e. The summed E-state index contributed by atoms with van der Waals surface area (Å²) < 4.78 is 6.53. The van der Waals surface area contributed by atoms with Crippen molar-refractivity contribution < 1.29 is 4.74 Å². The zero-order valence-corrected chi connectivity index (χ0v) is 10.1. The Morgan fingerprint density at radius 3 is 2.57 bits per heavy atom. The van der Waals surface area contributed by atoms with Gasteiger partial charge in [-0.3, -0.25) is 0 Å². The van der Waals surface area contributed by atoms with Gasteiger partial charge in [0.25, 0.3) is 0 Å². The van der Waals surface area contributed by atoms with Crippen LogP contribution in [0.25, 0.3) is 0 Å². The van der Waals surface area contributed by atoms with Gasteiger partial charge < -0.3 is 4.74 Å². The highest BCUT2D eigenvalue weighted by molar-refractivity contribution is 9.10. The van der Waals surface area contributed by atoms with E-state index in [0.717, 1.165) is 17.3 Å². The van der Waals surface area contributed by atoms with Crippen molar-refractivity contribution in [3.05, 3.63) is 16.9 Å². The fourth-order valence-corrected chi connectivity index (χ4v) is 2.57. The van der Waals surface area contributed by atoms with Gasteiger partial charge in [-0.25, -0.2) is 9.97 Å². The van der Waals surface area contributed by atoms with Crippen molar-refractivity contribution in [3.63, 3.8) is 0 Å². The van der Waals surface area contributed by atoms with Crippen molar-refractivity contribution in [2.75, 3.05) is 11.5 Å². The van der Waals surface area contributed by atoms with Crippen LogP contribution in [-0.4, -0.2) is 27.6 Å². The standard InChI is InChI=1S/C9H11BrN2OS/c10-7-5-11-9(12-6-7)13-8-1-3-14-4-2-8/h5-6,8H,1-4H2. The molecule has 1 saturated heterocycles. The molecule has 0 aromatic carbocycles. The monoisotopic (exact) mass is 274 g/mol. The lowest BCUT2D eigenvalue weighted by molar-refractivity contribution is 0.176. The van der Waals surface area contributed by atoms with Crippen LogP contribution in [0, 0.1) is 0 Å². The molecule has 1 aromatic rings. The average Bonchev–Trinajstić information content (AvgIpc) is 2.23. The first kappa shape index (κ1) is 10.2. The van der Waals surface area contributed by atoms with Crippen molar-refractivity contribution in [3.8, 4) is 6.01 Å². The van der Waals surface area contributed by atoms with Crippen LogP contribution in [0.4, 0.5) is 0 Å². The molecule has 2 heterocycles. The third kappa shape index (κ3) is 2.85. The largest absolute Gasteiger partial charge is 0.460 e. The third-order valence-electron chi connectivity index (χ3n) is 2.04. The quantitative estimate of drug-likeness (QED) is 0.830. The highest BCUT2D eigenvalue weighted by Crippen LogP contribution is 2.20.